The Hall–Kier alpha value is -3.98. The van der Waals surface area contributed by atoms with Crippen LogP contribution in [0, 0.1) is 11.3 Å². The molecule has 2 aliphatic carbocycles. The van der Waals surface area contributed by atoms with Crippen molar-refractivity contribution in [2.75, 3.05) is 7.11 Å². The lowest BCUT2D eigenvalue weighted by Gasteiger charge is -2.23. The largest absolute Gasteiger partial charge is 0.494 e. The van der Waals surface area contributed by atoms with Crippen molar-refractivity contribution in [3.05, 3.63) is 80.5 Å². The summed E-state index contributed by atoms with van der Waals surface area (Å²) in [4.78, 5) is 26.7. The van der Waals surface area contributed by atoms with Crippen LogP contribution in [0.25, 0.3) is 21.3 Å². The van der Waals surface area contributed by atoms with E-state index in [1.54, 1.807) is 35.6 Å². The van der Waals surface area contributed by atoms with E-state index in [2.05, 4.69) is 4.72 Å². The van der Waals surface area contributed by atoms with Gasteiger partial charge in [-0.05, 0) is 68.0 Å². The van der Waals surface area contributed by atoms with Gasteiger partial charge in [0, 0.05) is 33.6 Å². The summed E-state index contributed by atoms with van der Waals surface area (Å²) in [6, 6.07) is 13.1. The molecule has 1 fully saturated rings. The number of aromatic carboxylic acids is 1. The Bertz CT molecular complexity index is 1900. The smallest absolute Gasteiger partial charge is 0.341 e. The number of sulfonamides is 1. The van der Waals surface area contributed by atoms with Crippen LogP contribution in [0.1, 0.15) is 64.1 Å². The fraction of sp³-hybridized carbons (Fsp3) is 0.276. The highest BCUT2D eigenvalue weighted by Gasteiger charge is 2.32. The minimum Gasteiger partial charge on any atom is -0.494 e. The Balaban J connectivity index is 1.45. The number of hydrogen-bond acceptors (Lipinski definition) is 7. The van der Waals surface area contributed by atoms with Crippen LogP contribution in [-0.2, 0) is 16.4 Å². The number of carbonyl (C=O) groups is 1. The molecular weight excluding hydrogens is 550 g/mol. The standard InChI is InChI=1S/C29H25N3O6S2/c1-38-28-18(11-12-19-26(28)32(17-9-10-17)15-21(27(19)33)29(34)35)24-13-20-22(6-4-7-23(20)39-24)31-40(36,37)25-8-3-2-5-16(25)14-30/h2-3,5,8,11-13,15,17,22,31H,4,6-7,9-10H2,1H3,(H,34,35). The van der Waals surface area contributed by atoms with E-state index in [0.717, 1.165) is 46.6 Å². The van der Waals surface area contributed by atoms with E-state index >= 15 is 0 Å². The molecule has 9 nitrogen and oxygen atoms in total. The first-order valence-corrected chi connectivity index (χ1v) is 15.2. The van der Waals surface area contributed by atoms with E-state index in [1.807, 2.05) is 16.7 Å². The van der Waals surface area contributed by atoms with Crippen molar-refractivity contribution >= 4 is 38.2 Å². The number of carboxylic acids is 1. The zero-order valence-electron chi connectivity index (χ0n) is 21.5. The van der Waals surface area contributed by atoms with Gasteiger partial charge in [-0.3, -0.25) is 4.79 Å². The molecule has 0 bridgehead atoms. The summed E-state index contributed by atoms with van der Waals surface area (Å²) in [5, 5.41) is 19.3. The number of thiophene rings is 1. The number of nitrogens with zero attached hydrogens (tertiary/aromatic N) is 2. The quantitative estimate of drug-likeness (QED) is 0.316. The maximum Gasteiger partial charge on any atom is 0.341 e. The van der Waals surface area contributed by atoms with Gasteiger partial charge in [0.15, 0.2) is 5.75 Å². The molecule has 40 heavy (non-hydrogen) atoms. The fourth-order valence-electron chi connectivity index (χ4n) is 5.47. The first kappa shape index (κ1) is 26.3. The van der Waals surface area contributed by atoms with Crippen molar-refractivity contribution in [2.24, 2.45) is 0 Å². The van der Waals surface area contributed by atoms with Crippen molar-refractivity contribution in [2.45, 2.75) is 49.1 Å². The molecule has 1 saturated carbocycles. The lowest BCUT2D eigenvalue weighted by atomic mass is 9.94. The second-order valence-corrected chi connectivity index (χ2v) is 12.8. The maximum atomic E-state index is 13.3. The minimum atomic E-state index is -3.95. The first-order valence-electron chi connectivity index (χ1n) is 12.9. The van der Waals surface area contributed by atoms with Crippen molar-refractivity contribution in [3.8, 4) is 22.3 Å². The second kappa shape index (κ2) is 9.89. The summed E-state index contributed by atoms with van der Waals surface area (Å²) in [5.41, 5.74) is 1.46. The monoisotopic (exact) mass is 575 g/mol. The third-order valence-corrected chi connectivity index (χ3v) is 10.3. The number of carboxylic acid groups (broad SMARTS) is 1. The van der Waals surface area contributed by atoms with Crippen LogP contribution in [0.3, 0.4) is 0 Å². The highest BCUT2D eigenvalue weighted by molar-refractivity contribution is 7.89. The average Bonchev–Trinajstić information content (AvgIpc) is 3.70. The molecule has 0 saturated heterocycles. The van der Waals surface area contributed by atoms with Crippen LogP contribution >= 0.6 is 11.3 Å². The van der Waals surface area contributed by atoms with E-state index < -0.39 is 27.5 Å². The van der Waals surface area contributed by atoms with Crippen LogP contribution in [0.4, 0.5) is 0 Å². The normalized spacial score (nSPS) is 16.9. The molecule has 2 aromatic carbocycles. The minimum absolute atomic E-state index is 0.0462. The molecule has 1 unspecified atom stereocenters. The predicted octanol–water partition coefficient (Wildman–Crippen LogP) is 5.00. The number of nitriles is 1. The lowest BCUT2D eigenvalue weighted by Crippen LogP contribution is -2.31. The second-order valence-electron chi connectivity index (χ2n) is 10.0. The van der Waals surface area contributed by atoms with Gasteiger partial charge >= 0.3 is 5.97 Å². The average molecular weight is 576 g/mol. The summed E-state index contributed by atoms with van der Waals surface area (Å²) in [6.07, 6.45) is 5.40. The van der Waals surface area contributed by atoms with E-state index in [1.165, 1.54) is 25.4 Å². The highest BCUT2D eigenvalue weighted by atomic mass is 32.2. The lowest BCUT2D eigenvalue weighted by molar-refractivity contribution is 0.0694. The van der Waals surface area contributed by atoms with E-state index in [4.69, 9.17) is 4.74 Å². The summed E-state index contributed by atoms with van der Waals surface area (Å²) in [6.45, 7) is 0. The molecule has 0 aliphatic heterocycles. The number of fused-ring (bicyclic) bond motifs is 2. The molecule has 2 aromatic heterocycles. The van der Waals surface area contributed by atoms with Gasteiger partial charge in [0.25, 0.3) is 0 Å². The molecule has 0 radical (unpaired) electrons. The Morgan fingerprint density at radius 1 is 1.20 bits per heavy atom. The molecule has 0 amide bonds. The van der Waals surface area contributed by atoms with Gasteiger partial charge in [-0.25, -0.2) is 17.9 Å². The molecule has 1 atom stereocenters. The number of nitrogens with one attached hydrogen (secondary N) is 1. The van der Waals surface area contributed by atoms with Gasteiger partial charge in [0.1, 0.15) is 11.6 Å². The van der Waals surface area contributed by atoms with Gasteiger partial charge in [0.05, 0.1) is 28.5 Å². The first-order chi connectivity index (χ1) is 19.2. The molecule has 2 heterocycles. The fourth-order valence-corrected chi connectivity index (χ4v) is 8.16. The Morgan fingerprint density at radius 3 is 2.67 bits per heavy atom. The van der Waals surface area contributed by atoms with Gasteiger partial charge in [-0.1, -0.05) is 12.1 Å². The van der Waals surface area contributed by atoms with Crippen LogP contribution in [0.2, 0.25) is 0 Å². The van der Waals surface area contributed by atoms with Crippen molar-refractivity contribution in [3.63, 3.8) is 0 Å². The third kappa shape index (κ3) is 4.38. The van der Waals surface area contributed by atoms with Crippen molar-refractivity contribution in [1.82, 2.24) is 9.29 Å². The molecule has 2 aliphatic rings. The molecule has 0 spiro atoms. The number of benzene rings is 2. The van der Waals surface area contributed by atoms with E-state index in [9.17, 15) is 28.4 Å². The zero-order valence-corrected chi connectivity index (χ0v) is 23.1. The van der Waals surface area contributed by atoms with Crippen molar-refractivity contribution in [1.29, 1.82) is 5.26 Å². The SMILES string of the molecule is COc1c(-c2cc3c(s2)CCCC3NS(=O)(=O)c2ccccc2C#N)ccc2c(=O)c(C(=O)O)cn(C3CC3)c12. The summed E-state index contributed by atoms with van der Waals surface area (Å²) in [5.74, 6) is -0.779. The summed E-state index contributed by atoms with van der Waals surface area (Å²) < 4.78 is 37.1. The highest BCUT2D eigenvalue weighted by Crippen LogP contribution is 2.46. The maximum absolute atomic E-state index is 13.3. The van der Waals surface area contributed by atoms with Gasteiger partial charge in [-0.2, -0.15) is 5.26 Å². The summed E-state index contributed by atoms with van der Waals surface area (Å²) in [7, 11) is -2.42. The Morgan fingerprint density at radius 2 is 1.98 bits per heavy atom. The molecule has 4 aromatic rings. The topological polar surface area (TPSA) is 138 Å². The number of aromatic nitrogens is 1. The molecule has 204 valence electrons. The summed E-state index contributed by atoms with van der Waals surface area (Å²) >= 11 is 1.55. The molecule has 6 rings (SSSR count). The van der Waals surface area contributed by atoms with E-state index in [0.29, 0.717) is 17.7 Å². The molecule has 2 N–H and O–H groups in total. The van der Waals surface area contributed by atoms with Gasteiger partial charge < -0.3 is 14.4 Å². The predicted molar refractivity (Wildman–Crippen MR) is 150 cm³/mol. The number of pyridine rings is 1. The number of aryl methyl sites for hydroxylation is 1. The number of methoxy groups -OCH3 is 1. The molecule has 11 heteroatoms. The zero-order chi connectivity index (χ0) is 28.2. The van der Waals surface area contributed by atoms with Gasteiger partial charge in [0.2, 0.25) is 15.5 Å². The van der Waals surface area contributed by atoms with Crippen molar-refractivity contribution < 1.29 is 23.1 Å². The van der Waals surface area contributed by atoms with Crippen LogP contribution < -0.4 is 14.9 Å². The number of rotatable bonds is 7. The third-order valence-electron chi connectivity index (χ3n) is 7.50. The van der Waals surface area contributed by atoms with Gasteiger partial charge in [-0.15, -0.1) is 11.3 Å². The number of ether oxygens (including phenoxy) is 1. The van der Waals surface area contributed by atoms with Crippen LogP contribution in [0.5, 0.6) is 5.75 Å². The molecular formula is C29H25N3O6S2. The Labute approximate surface area is 234 Å². The van der Waals surface area contributed by atoms with Crippen LogP contribution in [0.15, 0.2) is 58.4 Å². The Kier molecular flexibility index (Phi) is 6.49. The van der Waals surface area contributed by atoms with E-state index in [-0.39, 0.29) is 27.5 Å². The van der Waals surface area contributed by atoms with Crippen LogP contribution in [-0.4, -0.2) is 31.2 Å². The number of hydrogen-bond donors (Lipinski definition) is 2.